The first-order valence-corrected chi connectivity index (χ1v) is 7.15. The minimum Gasteiger partial charge on any atom is -0.478 e. The Kier molecular flexibility index (Phi) is 4.49. The van der Waals surface area contributed by atoms with Crippen LogP contribution in [0.4, 0.5) is 11.4 Å². The average molecular weight is 277 g/mol. The van der Waals surface area contributed by atoms with Gasteiger partial charge in [0.05, 0.1) is 16.9 Å². The number of anilines is 2. The number of piperazine rings is 1. The monoisotopic (exact) mass is 277 g/mol. The molecule has 20 heavy (non-hydrogen) atoms. The number of hydrogen-bond acceptors (Lipinski definition) is 4. The van der Waals surface area contributed by atoms with Crippen LogP contribution in [0.1, 0.15) is 30.6 Å². The Morgan fingerprint density at radius 3 is 2.55 bits per heavy atom. The number of aromatic carboxylic acids is 1. The quantitative estimate of drug-likeness (QED) is 0.822. The highest BCUT2D eigenvalue weighted by atomic mass is 16.4. The van der Waals surface area contributed by atoms with E-state index < -0.39 is 5.97 Å². The Bertz CT molecular complexity index is 482. The first-order valence-electron chi connectivity index (χ1n) is 7.15. The van der Waals surface area contributed by atoms with Crippen molar-refractivity contribution < 1.29 is 9.90 Å². The number of carboxylic acids is 1. The summed E-state index contributed by atoms with van der Waals surface area (Å²) in [6.45, 7) is 7.95. The molecule has 1 heterocycles. The van der Waals surface area contributed by atoms with Crippen molar-refractivity contribution in [2.45, 2.75) is 26.3 Å². The van der Waals surface area contributed by atoms with Crippen LogP contribution in [0.5, 0.6) is 0 Å². The van der Waals surface area contributed by atoms with Gasteiger partial charge in [0.1, 0.15) is 0 Å². The van der Waals surface area contributed by atoms with Crippen LogP contribution < -0.4 is 10.6 Å². The molecule has 3 N–H and O–H groups in total. The van der Waals surface area contributed by atoms with Crippen molar-refractivity contribution in [3.05, 3.63) is 23.8 Å². The van der Waals surface area contributed by atoms with Gasteiger partial charge in [-0.15, -0.1) is 0 Å². The average Bonchev–Trinajstić information content (AvgIpc) is 2.46. The molecule has 0 bridgehead atoms. The molecule has 5 nitrogen and oxygen atoms in total. The molecule has 1 aromatic carbocycles. The zero-order chi connectivity index (χ0) is 14.7. The van der Waals surface area contributed by atoms with Crippen LogP contribution in [-0.2, 0) is 0 Å². The molecule has 0 aliphatic carbocycles. The molecular formula is C15H23N3O2. The van der Waals surface area contributed by atoms with Crippen LogP contribution in [0.3, 0.4) is 0 Å². The van der Waals surface area contributed by atoms with E-state index in [4.69, 9.17) is 5.73 Å². The number of rotatable bonds is 4. The number of nitrogens with two attached hydrogens (primary N) is 1. The zero-order valence-electron chi connectivity index (χ0n) is 12.2. The van der Waals surface area contributed by atoms with E-state index in [1.54, 1.807) is 18.2 Å². The molecule has 5 heteroatoms. The third kappa shape index (κ3) is 2.88. The fourth-order valence-electron chi connectivity index (χ4n) is 2.73. The lowest BCUT2D eigenvalue weighted by molar-refractivity contribution is 0.0697. The molecule has 1 atom stereocenters. The summed E-state index contributed by atoms with van der Waals surface area (Å²) in [4.78, 5) is 15.9. The Balaban J connectivity index is 2.17. The number of carbonyl (C=O) groups is 1. The summed E-state index contributed by atoms with van der Waals surface area (Å²) in [5.74, 6) is -0.920. The summed E-state index contributed by atoms with van der Waals surface area (Å²) < 4.78 is 0. The fourth-order valence-corrected chi connectivity index (χ4v) is 2.73. The molecule has 1 fully saturated rings. The molecule has 1 aliphatic heterocycles. The van der Waals surface area contributed by atoms with Gasteiger partial charge in [0, 0.05) is 32.2 Å². The summed E-state index contributed by atoms with van der Waals surface area (Å²) >= 11 is 0. The summed E-state index contributed by atoms with van der Waals surface area (Å²) in [6.07, 6.45) is 1.13. The molecule has 2 rings (SSSR count). The van der Waals surface area contributed by atoms with Crippen molar-refractivity contribution >= 4 is 17.3 Å². The fraction of sp³-hybridized carbons (Fsp3) is 0.533. The highest BCUT2D eigenvalue weighted by molar-refractivity contribution is 5.98. The third-order valence-corrected chi connectivity index (χ3v) is 4.14. The van der Waals surface area contributed by atoms with Crippen LogP contribution in [0.2, 0.25) is 0 Å². The van der Waals surface area contributed by atoms with E-state index in [0.29, 0.717) is 23.0 Å². The molecule has 1 aromatic rings. The molecule has 0 spiro atoms. The summed E-state index contributed by atoms with van der Waals surface area (Å²) in [5.41, 5.74) is 7.50. The van der Waals surface area contributed by atoms with Gasteiger partial charge in [0.15, 0.2) is 0 Å². The minimum atomic E-state index is -0.920. The zero-order valence-corrected chi connectivity index (χ0v) is 12.2. The summed E-state index contributed by atoms with van der Waals surface area (Å²) in [6, 6.07) is 5.65. The maximum atomic E-state index is 11.3. The molecule has 1 aliphatic rings. The van der Waals surface area contributed by atoms with Gasteiger partial charge in [-0.3, -0.25) is 4.90 Å². The van der Waals surface area contributed by atoms with Crippen LogP contribution in [0.15, 0.2) is 18.2 Å². The van der Waals surface area contributed by atoms with Crippen LogP contribution in [-0.4, -0.2) is 48.2 Å². The van der Waals surface area contributed by atoms with Crippen molar-refractivity contribution in [3.8, 4) is 0 Å². The van der Waals surface area contributed by atoms with E-state index in [0.717, 1.165) is 32.6 Å². The van der Waals surface area contributed by atoms with E-state index in [1.807, 2.05) is 0 Å². The van der Waals surface area contributed by atoms with Crippen molar-refractivity contribution in [2.24, 2.45) is 0 Å². The molecule has 0 saturated carbocycles. The van der Waals surface area contributed by atoms with Gasteiger partial charge in [-0.25, -0.2) is 4.79 Å². The Morgan fingerprint density at radius 1 is 1.35 bits per heavy atom. The first-order chi connectivity index (χ1) is 9.54. The third-order valence-electron chi connectivity index (χ3n) is 4.14. The highest BCUT2D eigenvalue weighted by Crippen LogP contribution is 2.29. The Hall–Kier alpha value is -1.75. The lowest BCUT2D eigenvalue weighted by Gasteiger charge is -2.39. The highest BCUT2D eigenvalue weighted by Gasteiger charge is 2.24. The van der Waals surface area contributed by atoms with Crippen LogP contribution in [0, 0.1) is 0 Å². The van der Waals surface area contributed by atoms with Crippen molar-refractivity contribution in [2.75, 3.05) is 36.8 Å². The lowest BCUT2D eigenvalue weighted by atomic mass is 10.1. The van der Waals surface area contributed by atoms with E-state index in [-0.39, 0.29) is 0 Å². The van der Waals surface area contributed by atoms with E-state index in [1.165, 1.54) is 0 Å². The predicted molar refractivity (Wildman–Crippen MR) is 81.4 cm³/mol. The predicted octanol–water partition coefficient (Wildman–Crippen LogP) is 1.89. The van der Waals surface area contributed by atoms with Gasteiger partial charge in [-0.1, -0.05) is 13.0 Å². The first kappa shape index (κ1) is 14.7. The second-order valence-electron chi connectivity index (χ2n) is 5.33. The number of hydrogen-bond donors (Lipinski definition) is 2. The molecule has 110 valence electrons. The lowest BCUT2D eigenvalue weighted by Crippen LogP contribution is -2.50. The number of nitrogen functional groups attached to an aromatic ring is 1. The van der Waals surface area contributed by atoms with Crippen LogP contribution in [0.25, 0.3) is 0 Å². The standard InChI is InChI=1S/C15H23N3O2/c1-3-11(2)17-7-9-18(10-8-17)14-12(15(19)20)5-4-6-13(14)16/h4-6,11H,3,7-10,16H2,1-2H3,(H,19,20). The summed E-state index contributed by atoms with van der Waals surface area (Å²) in [5, 5.41) is 9.31. The van der Waals surface area contributed by atoms with Crippen LogP contribution >= 0.6 is 0 Å². The SMILES string of the molecule is CCC(C)N1CCN(c2c(N)cccc2C(=O)O)CC1. The number of nitrogens with zero attached hydrogens (tertiary/aromatic N) is 2. The van der Waals surface area contributed by atoms with Gasteiger partial charge in [-0.05, 0) is 25.5 Å². The topological polar surface area (TPSA) is 69.8 Å². The summed E-state index contributed by atoms with van der Waals surface area (Å²) in [7, 11) is 0. The number of benzene rings is 1. The second-order valence-corrected chi connectivity index (χ2v) is 5.33. The van der Waals surface area contributed by atoms with Gasteiger partial charge in [0.2, 0.25) is 0 Å². The minimum absolute atomic E-state index is 0.294. The second kappa shape index (κ2) is 6.13. The smallest absolute Gasteiger partial charge is 0.337 e. The Labute approximate surface area is 120 Å². The van der Waals surface area contributed by atoms with Gasteiger partial charge >= 0.3 is 5.97 Å². The molecule has 0 radical (unpaired) electrons. The molecule has 1 unspecified atom stereocenters. The molecule has 1 saturated heterocycles. The van der Waals surface area contributed by atoms with Crippen molar-refractivity contribution in [1.29, 1.82) is 0 Å². The maximum absolute atomic E-state index is 11.3. The number of carboxylic acid groups (broad SMARTS) is 1. The van der Waals surface area contributed by atoms with E-state index in [2.05, 4.69) is 23.6 Å². The normalized spacial score (nSPS) is 18.0. The maximum Gasteiger partial charge on any atom is 0.337 e. The van der Waals surface area contributed by atoms with E-state index >= 15 is 0 Å². The largest absolute Gasteiger partial charge is 0.478 e. The van der Waals surface area contributed by atoms with Crippen molar-refractivity contribution in [3.63, 3.8) is 0 Å². The van der Waals surface area contributed by atoms with Gasteiger partial charge < -0.3 is 15.7 Å². The Morgan fingerprint density at radius 2 is 2.00 bits per heavy atom. The van der Waals surface area contributed by atoms with E-state index in [9.17, 15) is 9.90 Å². The molecule has 0 aromatic heterocycles. The van der Waals surface area contributed by atoms with Gasteiger partial charge in [-0.2, -0.15) is 0 Å². The van der Waals surface area contributed by atoms with Gasteiger partial charge in [0.25, 0.3) is 0 Å². The molecular weight excluding hydrogens is 254 g/mol. The number of para-hydroxylation sites is 1. The van der Waals surface area contributed by atoms with Crippen molar-refractivity contribution in [1.82, 2.24) is 4.90 Å². The molecule has 0 amide bonds.